The smallest absolute Gasteiger partial charge is 0.246 e. The van der Waals surface area contributed by atoms with Gasteiger partial charge in [-0.3, -0.25) is 9.59 Å². The molecule has 112 valence electrons. The SMILES string of the molecule is CC(C)[C@H](N)C(=O)NCC(=O)N(C)c1ccccc1.Cl. The number of para-hydroxylation sites is 1. The van der Waals surface area contributed by atoms with Gasteiger partial charge in [0.15, 0.2) is 0 Å². The molecular formula is C14H22ClN3O2. The highest BCUT2D eigenvalue weighted by atomic mass is 35.5. The zero-order chi connectivity index (χ0) is 14.4. The first-order valence-electron chi connectivity index (χ1n) is 6.28. The third-order valence-corrected chi connectivity index (χ3v) is 2.95. The van der Waals surface area contributed by atoms with Gasteiger partial charge in [0.25, 0.3) is 0 Å². The van der Waals surface area contributed by atoms with Crippen LogP contribution in [-0.4, -0.2) is 31.4 Å². The Kier molecular flexibility index (Phi) is 7.87. The van der Waals surface area contributed by atoms with E-state index in [2.05, 4.69) is 5.32 Å². The molecule has 0 aliphatic rings. The molecule has 2 amide bonds. The van der Waals surface area contributed by atoms with Crippen molar-refractivity contribution in [3.05, 3.63) is 30.3 Å². The number of hydrogen-bond acceptors (Lipinski definition) is 3. The quantitative estimate of drug-likeness (QED) is 0.857. The summed E-state index contributed by atoms with van der Waals surface area (Å²) < 4.78 is 0. The van der Waals surface area contributed by atoms with Gasteiger partial charge in [-0.15, -0.1) is 12.4 Å². The summed E-state index contributed by atoms with van der Waals surface area (Å²) in [7, 11) is 1.67. The van der Waals surface area contributed by atoms with Gasteiger partial charge in [-0.25, -0.2) is 0 Å². The molecule has 1 atom stereocenters. The van der Waals surface area contributed by atoms with Crippen LogP contribution < -0.4 is 16.0 Å². The molecule has 1 aromatic rings. The summed E-state index contributed by atoms with van der Waals surface area (Å²) in [5, 5.41) is 2.56. The number of benzene rings is 1. The van der Waals surface area contributed by atoms with Crippen molar-refractivity contribution in [3.8, 4) is 0 Å². The zero-order valence-corrected chi connectivity index (χ0v) is 12.8. The fraction of sp³-hybridized carbons (Fsp3) is 0.429. The average Bonchev–Trinajstić information content (AvgIpc) is 2.43. The van der Waals surface area contributed by atoms with Crippen LogP contribution in [0.5, 0.6) is 0 Å². The van der Waals surface area contributed by atoms with Gasteiger partial charge >= 0.3 is 0 Å². The van der Waals surface area contributed by atoms with Gasteiger partial charge in [0.1, 0.15) is 0 Å². The predicted octanol–water partition coefficient (Wildman–Crippen LogP) is 1.17. The topological polar surface area (TPSA) is 75.4 Å². The minimum absolute atomic E-state index is 0. The van der Waals surface area contributed by atoms with E-state index in [9.17, 15) is 9.59 Å². The fourth-order valence-corrected chi connectivity index (χ4v) is 1.50. The van der Waals surface area contributed by atoms with Crippen LogP contribution in [0, 0.1) is 5.92 Å². The first kappa shape index (κ1) is 18.4. The van der Waals surface area contributed by atoms with Crippen LogP contribution >= 0.6 is 12.4 Å². The number of carbonyl (C=O) groups is 2. The summed E-state index contributed by atoms with van der Waals surface area (Å²) >= 11 is 0. The second kappa shape index (κ2) is 8.55. The summed E-state index contributed by atoms with van der Waals surface area (Å²) in [6, 6.07) is 8.66. The Hall–Kier alpha value is -1.59. The van der Waals surface area contributed by atoms with Crippen LogP contribution in [0.2, 0.25) is 0 Å². The number of nitrogens with zero attached hydrogens (tertiary/aromatic N) is 1. The van der Waals surface area contributed by atoms with Crippen LogP contribution in [0.4, 0.5) is 5.69 Å². The third-order valence-electron chi connectivity index (χ3n) is 2.95. The van der Waals surface area contributed by atoms with Crippen molar-refractivity contribution in [2.45, 2.75) is 19.9 Å². The Morgan fingerprint density at radius 3 is 2.30 bits per heavy atom. The molecule has 0 aliphatic heterocycles. The van der Waals surface area contributed by atoms with E-state index < -0.39 is 6.04 Å². The molecule has 3 N–H and O–H groups in total. The summed E-state index contributed by atoms with van der Waals surface area (Å²) in [5.41, 5.74) is 6.48. The maximum absolute atomic E-state index is 11.9. The Morgan fingerprint density at radius 1 is 1.25 bits per heavy atom. The molecule has 0 saturated heterocycles. The molecular weight excluding hydrogens is 278 g/mol. The molecule has 0 radical (unpaired) electrons. The van der Waals surface area contributed by atoms with Gasteiger partial charge in [0.2, 0.25) is 11.8 Å². The van der Waals surface area contributed by atoms with E-state index in [0.29, 0.717) is 0 Å². The highest BCUT2D eigenvalue weighted by molar-refractivity contribution is 5.96. The second-order valence-corrected chi connectivity index (χ2v) is 4.78. The fourth-order valence-electron chi connectivity index (χ4n) is 1.50. The summed E-state index contributed by atoms with van der Waals surface area (Å²) in [4.78, 5) is 25.1. The van der Waals surface area contributed by atoms with E-state index >= 15 is 0 Å². The first-order chi connectivity index (χ1) is 8.93. The third kappa shape index (κ3) is 5.19. The lowest BCUT2D eigenvalue weighted by Gasteiger charge is -2.19. The Morgan fingerprint density at radius 2 is 1.80 bits per heavy atom. The number of rotatable bonds is 5. The van der Waals surface area contributed by atoms with Crippen LogP contribution in [-0.2, 0) is 9.59 Å². The summed E-state index contributed by atoms with van der Waals surface area (Å²) in [6.45, 7) is 3.68. The lowest BCUT2D eigenvalue weighted by molar-refractivity contribution is -0.126. The molecule has 1 aromatic carbocycles. The van der Waals surface area contributed by atoms with Gasteiger partial charge in [0.05, 0.1) is 12.6 Å². The van der Waals surface area contributed by atoms with Crippen molar-refractivity contribution in [1.82, 2.24) is 5.32 Å². The molecule has 0 spiro atoms. The van der Waals surface area contributed by atoms with Crippen molar-refractivity contribution in [1.29, 1.82) is 0 Å². The van der Waals surface area contributed by atoms with Crippen molar-refractivity contribution >= 4 is 29.9 Å². The lowest BCUT2D eigenvalue weighted by Crippen LogP contribution is -2.47. The minimum Gasteiger partial charge on any atom is -0.346 e. The number of likely N-dealkylation sites (N-methyl/N-ethyl adjacent to an activating group) is 1. The molecule has 0 aliphatic carbocycles. The number of carbonyl (C=O) groups excluding carboxylic acids is 2. The normalized spacial score (nSPS) is 11.4. The maximum atomic E-state index is 11.9. The molecule has 20 heavy (non-hydrogen) atoms. The van der Waals surface area contributed by atoms with Crippen molar-refractivity contribution in [3.63, 3.8) is 0 Å². The first-order valence-corrected chi connectivity index (χ1v) is 6.28. The maximum Gasteiger partial charge on any atom is 0.246 e. The van der Waals surface area contributed by atoms with Crippen molar-refractivity contribution in [2.75, 3.05) is 18.5 Å². The molecule has 5 nitrogen and oxygen atoms in total. The van der Waals surface area contributed by atoms with Crippen LogP contribution in [0.25, 0.3) is 0 Å². The molecule has 0 heterocycles. The average molecular weight is 300 g/mol. The second-order valence-electron chi connectivity index (χ2n) is 4.78. The predicted molar refractivity (Wildman–Crippen MR) is 82.9 cm³/mol. The number of nitrogens with one attached hydrogen (secondary N) is 1. The lowest BCUT2D eigenvalue weighted by atomic mass is 10.1. The van der Waals surface area contributed by atoms with E-state index in [1.807, 2.05) is 44.2 Å². The van der Waals surface area contributed by atoms with Gasteiger partial charge in [-0.05, 0) is 18.1 Å². The number of hydrogen-bond donors (Lipinski definition) is 2. The number of halogens is 1. The summed E-state index contributed by atoms with van der Waals surface area (Å²) in [5.74, 6) is -0.442. The number of anilines is 1. The Labute approximate surface area is 125 Å². The summed E-state index contributed by atoms with van der Waals surface area (Å²) in [6.07, 6.45) is 0. The number of nitrogens with two attached hydrogens (primary N) is 1. The van der Waals surface area contributed by atoms with Gasteiger partial charge in [-0.2, -0.15) is 0 Å². The van der Waals surface area contributed by atoms with Crippen LogP contribution in [0.1, 0.15) is 13.8 Å². The van der Waals surface area contributed by atoms with E-state index in [0.717, 1.165) is 5.69 Å². The van der Waals surface area contributed by atoms with Crippen molar-refractivity contribution < 1.29 is 9.59 Å². The molecule has 0 fully saturated rings. The Bertz CT molecular complexity index is 437. The largest absolute Gasteiger partial charge is 0.346 e. The van der Waals surface area contributed by atoms with Gasteiger partial charge < -0.3 is 16.0 Å². The standard InChI is InChI=1S/C14H21N3O2.ClH/c1-10(2)13(15)14(19)16-9-12(18)17(3)11-7-5-4-6-8-11;/h4-8,10,13H,9,15H2,1-3H3,(H,16,19);1H/t13-;/m0./s1. The van der Waals surface area contributed by atoms with E-state index in [-0.39, 0.29) is 36.7 Å². The molecule has 0 aromatic heterocycles. The highest BCUT2D eigenvalue weighted by Gasteiger charge is 2.18. The monoisotopic (exact) mass is 299 g/mol. The van der Waals surface area contributed by atoms with Crippen LogP contribution in [0.3, 0.4) is 0 Å². The highest BCUT2D eigenvalue weighted by Crippen LogP contribution is 2.10. The molecule has 1 rings (SSSR count). The van der Waals surface area contributed by atoms with E-state index in [4.69, 9.17) is 5.73 Å². The van der Waals surface area contributed by atoms with Gasteiger partial charge in [0, 0.05) is 12.7 Å². The van der Waals surface area contributed by atoms with Crippen molar-refractivity contribution in [2.24, 2.45) is 11.7 Å². The molecule has 0 saturated carbocycles. The van der Waals surface area contributed by atoms with Crippen LogP contribution in [0.15, 0.2) is 30.3 Å². The molecule has 6 heteroatoms. The minimum atomic E-state index is -0.588. The zero-order valence-electron chi connectivity index (χ0n) is 12.0. The molecule has 0 bridgehead atoms. The van der Waals surface area contributed by atoms with Gasteiger partial charge in [-0.1, -0.05) is 32.0 Å². The number of amides is 2. The molecule has 0 unspecified atom stereocenters. The van der Waals surface area contributed by atoms with E-state index in [1.165, 1.54) is 4.90 Å². The Balaban J connectivity index is 0.00000361. The van der Waals surface area contributed by atoms with E-state index in [1.54, 1.807) is 7.05 Å².